The molecule has 7 nitrogen and oxygen atoms in total. The number of ether oxygens (including phenoxy) is 1. The fourth-order valence-electron chi connectivity index (χ4n) is 2.64. The van der Waals surface area contributed by atoms with Crippen molar-refractivity contribution in [3.63, 3.8) is 0 Å². The smallest absolute Gasteiger partial charge is 0.281 e. The summed E-state index contributed by atoms with van der Waals surface area (Å²) in [5.41, 5.74) is 0. The van der Waals surface area contributed by atoms with Crippen molar-refractivity contribution in [1.82, 2.24) is 13.9 Å². The van der Waals surface area contributed by atoms with Crippen LogP contribution in [-0.2, 0) is 15.0 Å². The highest BCUT2D eigenvalue weighted by Gasteiger charge is 2.33. The van der Waals surface area contributed by atoms with Crippen molar-refractivity contribution in [2.75, 3.05) is 40.3 Å². The molecule has 140 valence electrons. The zero-order valence-electron chi connectivity index (χ0n) is 14.4. The van der Waals surface area contributed by atoms with E-state index in [2.05, 4.69) is 5.32 Å². The predicted octanol–water partition coefficient (Wildman–Crippen LogP) is 1.35. The first-order valence-corrected chi connectivity index (χ1v) is 9.92. The number of carbonyl (C=O) groups is 1. The van der Waals surface area contributed by atoms with E-state index in [1.807, 2.05) is 12.1 Å². The van der Waals surface area contributed by atoms with E-state index in [4.69, 9.17) is 16.3 Å². The minimum atomic E-state index is -3.49. The van der Waals surface area contributed by atoms with Gasteiger partial charge in [-0.1, -0.05) is 23.7 Å². The minimum absolute atomic E-state index is 0.151. The maximum atomic E-state index is 12.3. The Hall–Kier alpha value is -1.35. The summed E-state index contributed by atoms with van der Waals surface area (Å²) in [6.07, 6.45) is 1.35. The lowest BCUT2D eigenvalue weighted by Gasteiger charge is -2.32. The van der Waals surface area contributed by atoms with Gasteiger partial charge in [0.15, 0.2) is 0 Å². The number of amides is 1. The van der Waals surface area contributed by atoms with Crippen molar-refractivity contribution in [3.8, 4) is 5.75 Å². The van der Waals surface area contributed by atoms with E-state index >= 15 is 0 Å². The molecule has 1 N–H and O–H groups in total. The number of carbonyl (C=O) groups excluding carboxylic acids is 1. The molecular formula is C16H24ClN3O4S. The van der Waals surface area contributed by atoms with Crippen LogP contribution in [0.3, 0.4) is 0 Å². The first kappa shape index (κ1) is 20.0. The summed E-state index contributed by atoms with van der Waals surface area (Å²) in [5.74, 6) is 0.0736. The van der Waals surface area contributed by atoms with Gasteiger partial charge >= 0.3 is 0 Å². The topological polar surface area (TPSA) is 79.0 Å². The van der Waals surface area contributed by atoms with Gasteiger partial charge in [-0.3, -0.25) is 4.79 Å². The molecule has 1 aromatic carbocycles. The van der Waals surface area contributed by atoms with Gasteiger partial charge in [0.1, 0.15) is 12.4 Å². The van der Waals surface area contributed by atoms with E-state index in [0.717, 1.165) is 0 Å². The van der Waals surface area contributed by atoms with E-state index < -0.39 is 10.2 Å². The summed E-state index contributed by atoms with van der Waals surface area (Å²) < 4.78 is 32.4. The molecule has 1 atom stereocenters. The molecule has 1 aromatic rings. The van der Waals surface area contributed by atoms with E-state index in [1.165, 1.54) is 22.7 Å². The van der Waals surface area contributed by atoms with Gasteiger partial charge in [-0.2, -0.15) is 17.0 Å². The quantitative estimate of drug-likeness (QED) is 0.714. The highest BCUT2D eigenvalue weighted by Crippen LogP contribution is 2.23. The Bertz CT molecular complexity index is 696. The van der Waals surface area contributed by atoms with Gasteiger partial charge in [0.25, 0.3) is 10.2 Å². The minimum Gasteiger partial charge on any atom is -0.490 e. The lowest BCUT2D eigenvalue weighted by molar-refractivity contribution is -0.126. The first-order valence-electron chi connectivity index (χ1n) is 8.15. The Balaban J connectivity index is 1.80. The molecule has 0 unspecified atom stereocenters. The predicted molar refractivity (Wildman–Crippen MR) is 96.9 cm³/mol. The van der Waals surface area contributed by atoms with Crippen molar-refractivity contribution in [2.24, 2.45) is 5.92 Å². The molecule has 1 aliphatic rings. The van der Waals surface area contributed by atoms with Crippen LogP contribution in [0.2, 0.25) is 5.02 Å². The normalized spacial score (nSPS) is 19.0. The Labute approximate surface area is 154 Å². The number of halogens is 1. The molecule has 2 rings (SSSR count). The Kier molecular flexibility index (Phi) is 7.06. The second kappa shape index (κ2) is 8.84. The van der Waals surface area contributed by atoms with Gasteiger partial charge in [-0.05, 0) is 25.0 Å². The number of nitrogens with one attached hydrogen (secondary N) is 1. The van der Waals surface area contributed by atoms with Crippen LogP contribution in [0.5, 0.6) is 5.75 Å². The van der Waals surface area contributed by atoms with Gasteiger partial charge in [0.2, 0.25) is 5.91 Å². The first-order chi connectivity index (χ1) is 11.8. The number of para-hydroxylation sites is 1. The maximum Gasteiger partial charge on any atom is 0.281 e. The van der Waals surface area contributed by atoms with E-state index in [0.29, 0.717) is 43.3 Å². The molecule has 0 saturated carbocycles. The summed E-state index contributed by atoms with van der Waals surface area (Å²) in [6, 6.07) is 7.13. The van der Waals surface area contributed by atoms with E-state index in [1.54, 1.807) is 12.1 Å². The molecule has 0 radical (unpaired) electrons. The number of piperidine rings is 1. The molecule has 0 aliphatic carbocycles. The Morgan fingerprint density at radius 2 is 2.12 bits per heavy atom. The van der Waals surface area contributed by atoms with Crippen LogP contribution < -0.4 is 10.1 Å². The Morgan fingerprint density at radius 3 is 2.80 bits per heavy atom. The summed E-state index contributed by atoms with van der Waals surface area (Å²) in [7, 11) is -0.503. The van der Waals surface area contributed by atoms with Gasteiger partial charge < -0.3 is 10.1 Å². The highest BCUT2D eigenvalue weighted by molar-refractivity contribution is 7.86. The average molecular weight is 390 g/mol. The van der Waals surface area contributed by atoms with Crippen LogP contribution >= 0.6 is 11.6 Å². The molecule has 1 amide bonds. The molecule has 0 spiro atoms. The second-order valence-electron chi connectivity index (χ2n) is 6.06. The summed E-state index contributed by atoms with van der Waals surface area (Å²) >= 11 is 5.99. The van der Waals surface area contributed by atoms with Gasteiger partial charge in [0, 0.05) is 27.2 Å². The van der Waals surface area contributed by atoms with Crippen molar-refractivity contribution in [2.45, 2.75) is 12.8 Å². The Morgan fingerprint density at radius 1 is 1.40 bits per heavy atom. The number of hydrogen-bond donors (Lipinski definition) is 1. The molecule has 1 aliphatic heterocycles. The van der Waals surface area contributed by atoms with Crippen LogP contribution in [0.1, 0.15) is 12.8 Å². The van der Waals surface area contributed by atoms with E-state index in [-0.39, 0.29) is 18.4 Å². The van der Waals surface area contributed by atoms with Gasteiger partial charge in [-0.25, -0.2) is 0 Å². The highest BCUT2D eigenvalue weighted by atomic mass is 35.5. The standard InChI is InChI=1S/C16H24ClN3O4S/c1-19(2)25(22,23)20-10-5-6-13(12-20)16(21)18-9-11-24-15-8-4-3-7-14(15)17/h3-4,7-8,13H,5-6,9-12H2,1-2H3,(H,18,21)/t13-/m1/s1. The summed E-state index contributed by atoms with van der Waals surface area (Å²) in [6.45, 7) is 1.28. The summed E-state index contributed by atoms with van der Waals surface area (Å²) in [4.78, 5) is 12.3. The van der Waals surface area contributed by atoms with Crippen molar-refractivity contribution in [1.29, 1.82) is 0 Å². The van der Waals surface area contributed by atoms with Crippen molar-refractivity contribution in [3.05, 3.63) is 29.3 Å². The van der Waals surface area contributed by atoms with Gasteiger partial charge in [0.05, 0.1) is 17.5 Å². The number of benzene rings is 1. The van der Waals surface area contributed by atoms with Crippen LogP contribution in [0, 0.1) is 5.92 Å². The molecule has 1 fully saturated rings. The number of rotatable bonds is 7. The van der Waals surface area contributed by atoms with Crippen molar-refractivity contribution >= 4 is 27.7 Å². The molecule has 25 heavy (non-hydrogen) atoms. The third kappa shape index (κ3) is 5.31. The van der Waals surface area contributed by atoms with Crippen LogP contribution in [0.25, 0.3) is 0 Å². The largest absolute Gasteiger partial charge is 0.490 e. The average Bonchev–Trinajstić information content (AvgIpc) is 2.60. The fraction of sp³-hybridized carbons (Fsp3) is 0.562. The number of hydrogen-bond acceptors (Lipinski definition) is 4. The van der Waals surface area contributed by atoms with Gasteiger partial charge in [-0.15, -0.1) is 0 Å². The molecule has 0 bridgehead atoms. The zero-order chi connectivity index (χ0) is 18.4. The SMILES string of the molecule is CN(C)S(=O)(=O)N1CCC[C@@H](C(=O)NCCOc2ccccc2Cl)C1. The second-order valence-corrected chi connectivity index (χ2v) is 8.61. The lowest BCUT2D eigenvalue weighted by atomic mass is 9.99. The number of nitrogens with zero attached hydrogens (tertiary/aromatic N) is 2. The third-order valence-electron chi connectivity index (χ3n) is 4.04. The lowest BCUT2D eigenvalue weighted by Crippen LogP contribution is -2.49. The maximum absolute atomic E-state index is 12.3. The summed E-state index contributed by atoms with van der Waals surface area (Å²) in [5, 5.41) is 3.32. The molecule has 1 heterocycles. The fourth-order valence-corrected chi connectivity index (χ4v) is 4.02. The van der Waals surface area contributed by atoms with E-state index in [9.17, 15) is 13.2 Å². The molecular weight excluding hydrogens is 366 g/mol. The molecule has 1 saturated heterocycles. The van der Waals surface area contributed by atoms with Crippen molar-refractivity contribution < 1.29 is 17.9 Å². The molecule has 9 heteroatoms. The van der Waals surface area contributed by atoms with Crippen LogP contribution in [-0.4, -0.2) is 63.3 Å². The zero-order valence-corrected chi connectivity index (χ0v) is 16.0. The monoisotopic (exact) mass is 389 g/mol. The third-order valence-corrected chi connectivity index (χ3v) is 6.26. The van der Waals surface area contributed by atoms with Crippen LogP contribution in [0.4, 0.5) is 0 Å². The van der Waals surface area contributed by atoms with Crippen LogP contribution in [0.15, 0.2) is 24.3 Å². The molecule has 0 aromatic heterocycles.